The summed E-state index contributed by atoms with van der Waals surface area (Å²) in [6.45, 7) is 0. The van der Waals surface area contributed by atoms with Gasteiger partial charge in [-0.05, 0) is 30.5 Å². The molecule has 1 aliphatic carbocycles. The Morgan fingerprint density at radius 2 is 1.83 bits per heavy atom. The van der Waals surface area contributed by atoms with Crippen LogP contribution in [0.5, 0.6) is 0 Å². The Labute approximate surface area is 102 Å². The zero-order valence-electron chi connectivity index (χ0n) is 9.37. The van der Waals surface area contributed by atoms with Gasteiger partial charge in [0.05, 0.1) is 5.56 Å². The molecule has 0 aromatic heterocycles. The van der Waals surface area contributed by atoms with Gasteiger partial charge in [0.25, 0.3) is 0 Å². The predicted octanol–water partition coefficient (Wildman–Crippen LogP) is 2.58. The average Bonchev–Trinajstić information content (AvgIpc) is 3.08. The molecular weight excluding hydrogens is 247 g/mol. The number of rotatable bonds is 4. The fourth-order valence-corrected chi connectivity index (χ4v) is 1.66. The molecule has 1 atom stereocenters. The molecule has 2 rings (SSSR count). The van der Waals surface area contributed by atoms with Gasteiger partial charge in [-0.1, -0.05) is 12.1 Å². The van der Waals surface area contributed by atoms with Crippen LogP contribution in [0.2, 0.25) is 0 Å². The molecule has 0 radical (unpaired) electrons. The minimum atomic E-state index is -4.40. The number of benzene rings is 1. The molecule has 1 unspecified atom stereocenters. The number of hydrogen-bond donors (Lipinski definition) is 2. The zero-order valence-corrected chi connectivity index (χ0v) is 9.37. The molecule has 6 heteroatoms. The van der Waals surface area contributed by atoms with E-state index in [1.807, 2.05) is 0 Å². The maximum Gasteiger partial charge on any atom is 0.416 e. The van der Waals surface area contributed by atoms with E-state index in [0.717, 1.165) is 25.0 Å². The fraction of sp³-hybridized carbons (Fsp3) is 0.417. The smallest absolute Gasteiger partial charge is 0.416 e. The first-order valence-corrected chi connectivity index (χ1v) is 5.54. The summed E-state index contributed by atoms with van der Waals surface area (Å²) in [5.41, 5.74) is -0.441. The Morgan fingerprint density at radius 3 is 2.22 bits per heavy atom. The van der Waals surface area contributed by atoms with Gasteiger partial charge in [0.15, 0.2) is 0 Å². The van der Waals surface area contributed by atoms with E-state index >= 15 is 0 Å². The minimum Gasteiger partial charge on any atom is -0.480 e. The van der Waals surface area contributed by atoms with E-state index in [1.54, 1.807) is 0 Å². The van der Waals surface area contributed by atoms with Crippen molar-refractivity contribution in [3.8, 4) is 0 Å². The van der Waals surface area contributed by atoms with Crippen molar-refractivity contribution in [2.45, 2.75) is 31.1 Å². The number of aliphatic carboxylic acids is 1. The van der Waals surface area contributed by atoms with Gasteiger partial charge in [0.1, 0.15) is 6.04 Å². The van der Waals surface area contributed by atoms with E-state index in [2.05, 4.69) is 5.32 Å². The molecule has 18 heavy (non-hydrogen) atoms. The molecular formula is C12H12F3NO2. The van der Waals surface area contributed by atoms with Crippen LogP contribution in [0.1, 0.15) is 30.0 Å². The second kappa shape index (κ2) is 4.61. The van der Waals surface area contributed by atoms with Crippen LogP contribution >= 0.6 is 0 Å². The standard InChI is InChI=1S/C12H12F3NO2/c13-12(14,15)8-3-1-7(2-4-8)10(11(17)18)16-9-5-6-9/h1-4,9-10,16H,5-6H2,(H,17,18). The van der Waals surface area contributed by atoms with Crippen LogP contribution in [0, 0.1) is 0 Å². The maximum atomic E-state index is 12.4. The summed E-state index contributed by atoms with van der Waals surface area (Å²) in [5, 5.41) is 11.9. The SMILES string of the molecule is O=C(O)C(NC1CC1)c1ccc(C(F)(F)F)cc1. The molecule has 0 heterocycles. The van der Waals surface area contributed by atoms with Gasteiger partial charge < -0.3 is 5.11 Å². The number of carboxylic acid groups (broad SMARTS) is 1. The summed E-state index contributed by atoms with van der Waals surface area (Å²) in [5.74, 6) is -1.08. The molecule has 98 valence electrons. The lowest BCUT2D eigenvalue weighted by Gasteiger charge is -2.15. The number of carboxylic acids is 1. The summed E-state index contributed by atoms with van der Waals surface area (Å²) in [6, 6.07) is 3.43. The van der Waals surface area contributed by atoms with Gasteiger partial charge in [-0.15, -0.1) is 0 Å². The van der Waals surface area contributed by atoms with Crippen LogP contribution in [0.3, 0.4) is 0 Å². The van der Waals surface area contributed by atoms with Crippen LogP contribution in [0.25, 0.3) is 0 Å². The van der Waals surface area contributed by atoms with Crippen molar-refractivity contribution < 1.29 is 23.1 Å². The summed E-state index contributed by atoms with van der Waals surface area (Å²) in [6.07, 6.45) is -2.59. The highest BCUT2D eigenvalue weighted by molar-refractivity contribution is 5.75. The molecule has 0 bridgehead atoms. The van der Waals surface area contributed by atoms with Crippen molar-refractivity contribution in [2.24, 2.45) is 0 Å². The topological polar surface area (TPSA) is 49.3 Å². The summed E-state index contributed by atoms with van der Waals surface area (Å²) in [7, 11) is 0. The summed E-state index contributed by atoms with van der Waals surface area (Å²) >= 11 is 0. The minimum absolute atomic E-state index is 0.161. The van der Waals surface area contributed by atoms with Crippen LogP contribution < -0.4 is 5.32 Å². The van der Waals surface area contributed by atoms with E-state index in [0.29, 0.717) is 5.56 Å². The molecule has 1 aromatic carbocycles. The average molecular weight is 259 g/mol. The highest BCUT2D eigenvalue weighted by atomic mass is 19.4. The Morgan fingerprint density at radius 1 is 1.28 bits per heavy atom. The van der Waals surface area contributed by atoms with Crippen molar-refractivity contribution >= 4 is 5.97 Å². The van der Waals surface area contributed by atoms with Crippen LogP contribution in [-0.4, -0.2) is 17.1 Å². The van der Waals surface area contributed by atoms with Gasteiger partial charge in [0, 0.05) is 6.04 Å². The Kier molecular flexibility index (Phi) is 3.30. The molecule has 1 fully saturated rings. The van der Waals surface area contributed by atoms with Crippen molar-refractivity contribution in [1.82, 2.24) is 5.32 Å². The quantitative estimate of drug-likeness (QED) is 0.873. The number of alkyl halides is 3. The van der Waals surface area contributed by atoms with E-state index in [1.165, 1.54) is 12.1 Å². The van der Waals surface area contributed by atoms with Gasteiger partial charge in [-0.2, -0.15) is 13.2 Å². The monoisotopic (exact) mass is 259 g/mol. The van der Waals surface area contributed by atoms with Crippen LogP contribution in [0.4, 0.5) is 13.2 Å². The Balaban J connectivity index is 2.17. The van der Waals surface area contributed by atoms with E-state index in [-0.39, 0.29) is 6.04 Å². The number of hydrogen-bond acceptors (Lipinski definition) is 2. The molecule has 0 spiro atoms. The van der Waals surface area contributed by atoms with Crippen molar-refractivity contribution in [1.29, 1.82) is 0 Å². The number of carbonyl (C=O) groups is 1. The number of halogens is 3. The van der Waals surface area contributed by atoms with Crippen LogP contribution in [-0.2, 0) is 11.0 Å². The molecule has 3 nitrogen and oxygen atoms in total. The summed E-state index contributed by atoms with van der Waals surface area (Å²) < 4.78 is 37.1. The Bertz CT molecular complexity index is 438. The predicted molar refractivity (Wildman–Crippen MR) is 58.0 cm³/mol. The lowest BCUT2D eigenvalue weighted by molar-refractivity contribution is -0.139. The third kappa shape index (κ3) is 3.01. The summed E-state index contributed by atoms with van der Waals surface area (Å²) in [4.78, 5) is 11.1. The lowest BCUT2D eigenvalue weighted by Crippen LogP contribution is -2.30. The second-order valence-corrected chi connectivity index (χ2v) is 4.33. The maximum absolute atomic E-state index is 12.4. The van der Waals surface area contributed by atoms with Crippen molar-refractivity contribution in [2.75, 3.05) is 0 Å². The Hall–Kier alpha value is -1.56. The van der Waals surface area contributed by atoms with Gasteiger partial charge >= 0.3 is 12.1 Å². The normalized spacial score (nSPS) is 17.5. The molecule has 0 saturated heterocycles. The number of nitrogens with one attached hydrogen (secondary N) is 1. The first kappa shape index (κ1) is 12.9. The first-order valence-electron chi connectivity index (χ1n) is 5.54. The second-order valence-electron chi connectivity index (χ2n) is 4.33. The first-order chi connectivity index (χ1) is 8.38. The molecule has 2 N–H and O–H groups in total. The lowest BCUT2D eigenvalue weighted by atomic mass is 10.0. The molecule has 1 aliphatic rings. The van der Waals surface area contributed by atoms with E-state index < -0.39 is 23.8 Å². The third-order valence-electron chi connectivity index (χ3n) is 2.80. The largest absolute Gasteiger partial charge is 0.480 e. The van der Waals surface area contributed by atoms with E-state index in [9.17, 15) is 18.0 Å². The zero-order chi connectivity index (χ0) is 13.3. The van der Waals surface area contributed by atoms with Crippen molar-refractivity contribution in [3.63, 3.8) is 0 Å². The molecule has 1 aromatic rings. The highest BCUT2D eigenvalue weighted by Gasteiger charge is 2.32. The molecule has 0 aliphatic heterocycles. The van der Waals surface area contributed by atoms with Gasteiger partial charge in [-0.3, -0.25) is 10.1 Å². The highest BCUT2D eigenvalue weighted by Crippen LogP contribution is 2.30. The molecule has 1 saturated carbocycles. The molecule has 0 amide bonds. The fourth-order valence-electron chi connectivity index (χ4n) is 1.66. The van der Waals surface area contributed by atoms with Crippen molar-refractivity contribution in [3.05, 3.63) is 35.4 Å². The van der Waals surface area contributed by atoms with Gasteiger partial charge in [0.2, 0.25) is 0 Å². The third-order valence-corrected chi connectivity index (χ3v) is 2.80. The van der Waals surface area contributed by atoms with E-state index in [4.69, 9.17) is 5.11 Å². The van der Waals surface area contributed by atoms with Gasteiger partial charge in [-0.25, -0.2) is 0 Å². The van der Waals surface area contributed by atoms with Crippen LogP contribution in [0.15, 0.2) is 24.3 Å².